The van der Waals surface area contributed by atoms with Gasteiger partial charge in [0.25, 0.3) is 10.1 Å². The van der Waals surface area contributed by atoms with Crippen molar-refractivity contribution in [2.24, 2.45) is 5.41 Å². The topological polar surface area (TPSA) is 72.8 Å². The third-order valence-electron chi connectivity index (χ3n) is 7.94. The Bertz CT molecular complexity index is 568. The van der Waals surface area contributed by atoms with Gasteiger partial charge >= 0.3 is 0 Å². The molecule has 0 aromatic heterocycles. The molecule has 6 heteroatoms. The van der Waals surface area contributed by atoms with Crippen LogP contribution in [0.5, 0.6) is 0 Å². The Kier molecular flexibility index (Phi) is 12.1. The van der Waals surface area contributed by atoms with E-state index in [0.29, 0.717) is 6.42 Å². The molecule has 182 valence electrons. The van der Waals surface area contributed by atoms with Crippen LogP contribution < -0.4 is 0 Å². The maximum Gasteiger partial charge on any atom is 0.295 e. The predicted octanol–water partition coefficient (Wildman–Crippen LogP) is 7.15. The fraction of sp³-hybridized carbons (Fsp3) is 1.00. The van der Waals surface area contributed by atoms with Gasteiger partial charge in [-0.25, -0.2) is 0 Å². The van der Waals surface area contributed by atoms with Gasteiger partial charge in [0, 0.05) is 0 Å². The average Bonchev–Trinajstić information content (AvgIpc) is 2.74. The largest absolute Gasteiger partial charge is 0.368 e. The maximum atomic E-state index is 12.0. The average molecular weight is 451 g/mol. The molecule has 0 atom stereocenters. The monoisotopic (exact) mass is 450 g/mol. The second-order valence-corrected chi connectivity index (χ2v) is 11.0. The van der Waals surface area contributed by atoms with E-state index in [2.05, 4.69) is 48.5 Å². The van der Waals surface area contributed by atoms with Crippen LogP contribution in [0.3, 0.4) is 0 Å². The summed E-state index contributed by atoms with van der Waals surface area (Å²) in [5, 5.41) is 0. The first-order valence-electron chi connectivity index (χ1n) is 12.2. The minimum absolute atomic E-state index is 0.206. The lowest BCUT2D eigenvalue weighted by atomic mass is 9.72. The summed E-state index contributed by atoms with van der Waals surface area (Å²) in [4.78, 5) is -1.53. The van der Waals surface area contributed by atoms with Crippen LogP contribution in [0.4, 0.5) is 0 Å². The van der Waals surface area contributed by atoms with Crippen molar-refractivity contribution in [2.75, 3.05) is 6.61 Å². The summed E-state index contributed by atoms with van der Waals surface area (Å²) in [6, 6.07) is 0. The van der Waals surface area contributed by atoms with Crippen molar-refractivity contribution in [3.63, 3.8) is 0 Å². The highest BCUT2D eigenvalue weighted by Crippen LogP contribution is 2.44. The summed E-state index contributed by atoms with van der Waals surface area (Å²) in [6.07, 6.45) is 7.85. The second-order valence-electron chi connectivity index (χ2n) is 9.27. The Morgan fingerprint density at radius 2 is 1.13 bits per heavy atom. The lowest BCUT2D eigenvalue weighted by Crippen LogP contribution is -2.48. The third-order valence-corrected chi connectivity index (χ3v) is 9.57. The first-order chi connectivity index (χ1) is 13.9. The quantitative estimate of drug-likeness (QED) is 0.238. The number of ether oxygens (including phenoxy) is 2. The molecule has 0 aromatic rings. The molecular formula is C24H50O5S. The van der Waals surface area contributed by atoms with Gasteiger partial charge in [0.05, 0.1) is 17.8 Å². The fourth-order valence-electron chi connectivity index (χ4n) is 4.53. The lowest BCUT2D eigenvalue weighted by molar-refractivity contribution is -0.190. The van der Waals surface area contributed by atoms with Gasteiger partial charge in [-0.1, -0.05) is 75.2 Å². The first kappa shape index (κ1) is 29.8. The van der Waals surface area contributed by atoms with Crippen LogP contribution in [0, 0.1) is 5.41 Å². The van der Waals surface area contributed by atoms with Gasteiger partial charge in [-0.15, -0.1) is 0 Å². The molecule has 0 saturated heterocycles. The highest BCUT2D eigenvalue weighted by atomic mass is 32.2. The van der Waals surface area contributed by atoms with E-state index < -0.39 is 15.1 Å². The Balaban J connectivity index is 5.67. The van der Waals surface area contributed by atoms with Gasteiger partial charge in [0.1, 0.15) is 0 Å². The van der Waals surface area contributed by atoms with E-state index in [4.69, 9.17) is 9.47 Å². The van der Waals surface area contributed by atoms with Crippen molar-refractivity contribution >= 4 is 10.1 Å². The first-order valence-corrected chi connectivity index (χ1v) is 13.6. The van der Waals surface area contributed by atoms with Crippen molar-refractivity contribution in [1.82, 2.24) is 0 Å². The number of hydrogen-bond donors (Lipinski definition) is 1. The van der Waals surface area contributed by atoms with E-state index in [1.807, 2.05) is 0 Å². The molecule has 0 amide bonds. The maximum absolute atomic E-state index is 12.0. The molecule has 0 fully saturated rings. The van der Waals surface area contributed by atoms with Gasteiger partial charge in [-0.05, 0) is 56.8 Å². The molecule has 0 aliphatic carbocycles. The van der Waals surface area contributed by atoms with Crippen LogP contribution in [0.15, 0.2) is 0 Å². The smallest absolute Gasteiger partial charge is 0.295 e. The van der Waals surface area contributed by atoms with E-state index >= 15 is 0 Å². The van der Waals surface area contributed by atoms with E-state index in [1.54, 1.807) is 13.8 Å². The molecule has 0 aromatic carbocycles. The molecule has 0 unspecified atom stereocenters. The van der Waals surface area contributed by atoms with E-state index in [9.17, 15) is 13.0 Å². The summed E-state index contributed by atoms with van der Waals surface area (Å²) in [7, 11) is -4.30. The Labute approximate surface area is 187 Å². The molecule has 5 nitrogen and oxygen atoms in total. The van der Waals surface area contributed by atoms with E-state index in [1.165, 1.54) is 0 Å². The van der Waals surface area contributed by atoms with Crippen molar-refractivity contribution in [2.45, 2.75) is 143 Å². The molecule has 0 aliphatic rings. The molecule has 0 aliphatic heterocycles. The Hall–Kier alpha value is -0.170. The van der Waals surface area contributed by atoms with Crippen LogP contribution in [0.1, 0.15) is 127 Å². The van der Waals surface area contributed by atoms with Crippen LogP contribution >= 0.6 is 0 Å². The highest BCUT2D eigenvalue weighted by molar-refractivity contribution is 7.87. The van der Waals surface area contributed by atoms with Crippen molar-refractivity contribution in [1.29, 1.82) is 0 Å². The molecule has 0 bridgehead atoms. The summed E-state index contributed by atoms with van der Waals surface area (Å²) < 4.78 is 46.5. The zero-order valence-electron chi connectivity index (χ0n) is 21.3. The minimum Gasteiger partial charge on any atom is -0.368 e. The van der Waals surface area contributed by atoms with Crippen molar-refractivity contribution in [3.8, 4) is 0 Å². The standard InChI is InChI=1S/C24H50O5S/c1-10-21(9,11-2)20-23(14-5,15-6)29-22(12-3,13-4)18-19-28-24(16-7,17-8)30(25,26)27/h10-20H2,1-9H3,(H,25,26,27). The minimum atomic E-state index is -4.30. The summed E-state index contributed by atoms with van der Waals surface area (Å²) in [6.45, 7) is 19.2. The van der Waals surface area contributed by atoms with Gasteiger partial charge in [0.2, 0.25) is 0 Å². The lowest BCUT2D eigenvalue weighted by Gasteiger charge is -2.47. The SMILES string of the molecule is CCC(C)(CC)CC(CC)(CC)OC(CC)(CC)CCOC(CC)(CC)S(=O)(=O)O. The van der Waals surface area contributed by atoms with Crippen LogP contribution in [-0.2, 0) is 19.6 Å². The second kappa shape index (κ2) is 12.2. The third kappa shape index (κ3) is 7.18. The van der Waals surface area contributed by atoms with Gasteiger partial charge in [-0.3, -0.25) is 4.55 Å². The highest BCUT2D eigenvalue weighted by Gasteiger charge is 2.44. The molecule has 0 rings (SSSR count). The zero-order chi connectivity index (χ0) is 23.7. The van der Waals surface area contributed by atoms with Crippen molar-refractivity contribution < 1.29 is 22.4 Å². The molecular weight excluding hydrogens is 400 g/mol. The molecule has 0 radical (unpaired) electrons. The van der Waals surface area contributed by atoms with E-state index in [0.717, 1.165) is 44.9 Å². The van der Waals surface area contributed by atoms with Crippen LogP contribution in [0.2, 0.25) is 0 Å². The molecule has 0 saturated carbocycles. The molecule has 0 spiro atoms. The normalized spacial score (nSPS) is 14.3. The van der Waals surface area contributed by atoms with Crippen LogP contribution in [0.25, 0.3) is 0 Å². The zero-order valence-corrected chi connectivity index (χ0v) is 22.1. The van der Waals surface area contributed by atoms with Gasteiger partial charge in [-0.2, -0.15) is 8.42 Å². The van der Waals surface area contributed by atoms with E-state index in [-0.39, 0.29) is 36.1 Å². The summed E-state index contributed by atoms with van der Waals surface area (Å²) >= 11 is 0. The number of hydrogen-bond acceptors (Lipinski definition) is 4. The predicted molar refractivity (Wildman–Crippen MR) is 126 cm³/mol. The van der Waals surface area contributed by atoms with Gasteiger partial charge in [0.15, 0.2) is 4.93 Å². The number of rotatable bonds is 17. The Morgan fingerprint density at radius 1 is 0.700 bits per heavy atom. The van der Waals surface area contributed by atoms with Gasteiger partial charge < -0.3 is 9.47 Å². The Morgan fingerprint density at radius 3 is 1.43 bits per heavy atom. The van der Waals surface area contributed by atoms with Crippen LogP contribution in [-0.4, -0.2) is 35.7 Å². The molecule has 1 N–H and O–H groups in total. The molecule has 30 heavy (non-hydrogen) atoms. The van der Waals surface area contributed by atoms with Crippen molar-refractivity contribution in [3.05, 3.63) is 0 Å². The molecule has 0 heterocycles. The fourth-order valence-corrected chi connectivity index (χ4v) is 5.49. The summed E-state index contributed by atoms with van der Waals surface area (Å²) in [5.74, 6) is 0. The summed E-state index contributed by atoms with van der Waals surface area (Å²) in [5.41, 5.74) is -0.344.